The van der Waals surface area contributed by atoms with Crippen molar-refractivity contribution in [2.75, 3.05) is 11.5 Å². The zero-order chi connectivity index (χ0) is 29.6. The van der Waals surface area contributed by atoms with Crippen molar-refractivity contribution in [2.45, 2.75) is 69.7 Å². The minimum Gasteiger partial charge on any atom is -0.320 e. The fourth-order valence-electron chi connectivity index (χ4n) is 5.49. The number of carbonyl (C=O) groups excluding carboxylic acids is 1. The first-order valence-corrected chi connectivity index (χ1v) is 13.2. The fourth-order valence-corrected chi connectivity index (χ4v) is 5.49. The molecule has 2 aliphatic rings. The number of carbonyl (C=O) groups is 1. The van der Waals surface area contributed by atoms with Crippen LogP contribution in [0.2, 0.25) is 0 Å². The molecule has 1 N–H and O–H groups in total. The Kier molecular flexibility index (Phi) is 7.62. The summed E-state index contributed by atoms with van der Waals surface area (Å²) in [6.45, 7) is 1.29. The molecule has 1 atom stereocenters. The topological polar surface area (TPSA) is 72.3 Å². The van der Waals surface area contributed by atoms with E-state index in [-0.39, 0.29) is 36.2 Å². The van der Waals surface area contributed by atoms with Gasteiger partial charge in [0.2, 0.25) is 0 Å². The van der Waals surface area contributed by atoms with Crippen molar-refractivity contribution in [1.82, 2.24) is 20.1 Å². The molecule has 13 heteroatoms. The first-order chi connectivity index (χ1) is 19.2. The monoisotopic (exact) mass is 581 g/mol. The number of nitrogens with zero attached hydrogens (tertiary/aromatic N) is 4. The average Bonchev–Trinajstić information content (AvgIpc) is 3.45. The summed E-state index contributed by atoms with van der Waals surface area (Å²) in [7, 11) is 1.65. The summed E-state index contributed by atoms with van der Waals surface area (Å²) in [5.41, 5.74) is 0.126. The van der Waals surface area contributed by atoms with Gasteiger partial charge in [0.15, 0.2) is 0 Å². The smallest absolute Gasteiger partial charge is 0.320 e. The number of hydrogen-bond acceptors (Lipinski definition) is 5. The van der Waals surface area contributed by atoms with Crippen LogP contribution < -0.4 is 10.2 Å². The Hall–Kier alpha value is -3.45. The van der Waals surface area contributed by atoms with E-state index in [1.165, 1.54) is 17.3 Å². The van der Waals surface area contributed by atoms with Crippen LogP contribution in [-0.2, 0) is 31.1 Å². The van der Waals surface area contributed by atoms with Gasteiger partial charge in [-0.3, -0.25) is 9.53 Å². The average molecular weight is 582 g/mol. The highest BCUT2D eigenvalue weighted by Gasteiger charge is 2.41. The molecule has 1 aliphatic heterocycles. The molecule has 0 unspecified atom stereocenters. The first kappa shape index (κ1) is 29.1. The van der Waals surface area contributed by atoms with Gasteiger partial charge in [0, 0.05) is 36.3 Å². The minimum absolute atomic E-state index is 0.00998. The molecular weight excluding hydrogens is 552 g/mol. The number of anilines is 1. The number of rotatable bonds is 9. The Labute approximate surface area is 232 Å². The largest absolute Gasteiger partial charge is 0.522 e. The van der Waals surface area contributed by atoms with E-state index in [9.17, 15) is 31.1 Å². The fraction of sp³-hybridized carbons (Fsp3) is 0.464. The number of alkyl halides is 6. The van der Waals surface area contributed by atoms with Gasteiger partial charge in [-0.2, -0.15) is 13.2 Å². The van der Waals surface area contributed by atoms with E-state index in [2.05, 4.69) is 20.3 Å². The Morgan fingerprint density at radius 1 is 1.12 bits per heavy atom. The second kappa shape index (κ2) is 10.8. The number of aryl methyl sites for hydroxylation is 1. The standard InChI is InChI=1S/C28H29F6N5O2/c1-26(8-4-9-26)35-14-17-11-21-22(23(12-17)27(29,30)31)15-39(25(21)40)19-6-3-5-18(13-19)20(7-10-41-28(32,33)34)24-37-36-16-38(24)2/h3,5-6,11-13,16,20,35H,4,7-10,14-15H2,1-2H3/t20-/m0/s1. The molecule has 0 radical (unpaired) electrons. The molecule has 0 bridgehead atoms. The van der Waals surface area contributed by atoms with Gasteiger partial charge in [0.05, 0.1) is 18.7 Å². The van der Waals surface area contributed by atoms with Crippen molar-refractivity contribution < 1.29 is 35.9 Å². The van der Waals surface area contributed by atoms with E-state index in [0.717, 1.165) is 25.3 Å². The van der Waals surface area contributed by atoms with Gasteiger partial charge in [-0.15, -0.1) is 23.4 Å². The molecule has 220 valence electrons. The second-order valence-electron chi connectivity index (χ2n) is 10.9. The molecule has 1 aliphatic carbocycles. The lowest BCUT2D eigenvalue weighted by molar-refractivity contribution is -0.324. The van der Waals surface area contributed by atoms with Crippen LogP contribution in [0.5, 0.6) is 0 Å². The van der Waals surface area contributed by atoms with Gasteiger partial charge in [0.25, 0.3) is 5.91 Å². The molecule has 5 rings (SSSR count). The van der Waals surface area contributed by atoms with Crippen LogP contribution in [0.15, 0.2) is 42.7 Å². The van der Waals surface area contributed by atoms with Crippen LogP contribution in [0.4, 0.5) is 32.0 Å². The maximum atomic E-state index is 14.1. The van der Waals surface area contributed by atoms with Gasteiger partial charge in [0.1, 0.15) is 12.2 Å². The van der Waals surface area contributed by atoms with Crippen LogP contribution in [0.1, 0.15) is 77.0 Å². The second-order valence-corrected chi connectivity index (χ2v) is 10.9. The third-order valence-electron chi connectivity index (χ3n) is 7.90. The van der Waals surface area contributed by atoms with Crippen LogP contribution in [-0.4, -0.2) is 39.2 Å². The zero-order valence-electron chi connectivity index (χ0n) is 22.4. The number of halogens is 6. The minimum atomic E-state index is -4.81. The highest BCUT2D eigenvalue weighted by molar-refractivity contribution is 6.10. The number of aromatic nitrogens is 3. The van der Waals surface area contributed by atoms with Crippen LogP contribution in [0.25, 0.3) is 0 Å². The molecule has 1 aromatic heterocycles. The number of amides is 1. The summed E-state index contributed by atoms with van der Waals surface area (Å²) in [5, 5.41) is 11.2. The van der Waals surface area contributed by atoms with Crippen LogP contribution >= 0.6 is 0 Å². The van der Waals surface area contributed by atoms with Crippen molar-refractivity contribution in [3.8, 4) is 0 Å². The molecule has 1 fully saturated rings. The van der Waals surface area contributed by atoms with Crippen molar-refractivity contribution >= 4 is 11.6 Å². The number of benzene rings is 2. The lowest BCUT2D eigenvalue weighted by Crippen LogP contribution is -2.47. The lowest BCUT2D eigenvalue weighted by atomic mass is 9.78. The van der Waals surface area contributed by atoms with Crippen molar-refractivity contribution in [3.05, 3.63) is 76.4 Å². The quantitative estimate of drug-likeness (QED) is 0.310. The third kappa shape index (κ3) is 6.25. The summed E-state index contributed by atoms with van der Waals surface area (Å²) in [6, 6.07) is 9.06. The lowest BCUT2D eigenvalue weighted by Gasteiger charge is -2.39. The number of hydrogen-bond donors (Lipinski definition) is 1. The van der Waals surface area contributed by atoms with Crippen molar-refractivity contribution in [1.29, 1.82) is 0 Å². The summed E-state index contributed by atoms with van der Waals surface area (Å²) in [4.78, 5) is 14.8. The molecule has 41 heavy (non-hydrogen) atoms. The highest BCUT2D eigenvalue weighted by atomic mass is 19.4. The number of nitrogens with one attached hydrogen (secondary N) is 1. The highest BCUT2D eigenvalue weighted by Crippen LogP contribution is 2.41. The van der Waals surface area contributed by atoms with E-state index in [1.807, 2.05) is 6.92 Å². The summed E-state index contributed by atoms with van der Waals surface area (Å²) >= 11 is 0. The molecule has 1 amide bonds. The van der Waals surface area contributed by atoms with Crippen LogP contribution in [0, 0.1) is 0 Å². The molecule has 1 saturated carbocycles. The first-order valence-electron chi connectivity index (χ1n) is 13.2. The van der Waals surface area contributed by atoms with Gasteiger partial charge < -0.3 is 14.8 Å². The van der Waals surface area contributed by atoms with Crippen molar-refractivity contribution in [3.63, 3.8) is 0 Å². The van der Waals surface area contributed by atoms with Crippen LogP contribution in [0.3, 0.4) is 0 Å². The van der Waals surface area contributed by atoms with Crippen molar-refractivity contribution in [2.24, 2.45) is 7.05 Å². The van der Waals surface area contributed by atoms with Gasteiger partial charge in [-0.1, -0.05) is 12.1 Å². The third-order valence-corrected chi connectivity index (χ3v) is 7.90. The molecule has 3 aromatic rings. The molecule has 7 nitrogen and oxygen atoms in total. The predicted octanol–water partition coefficient (Wildman–Crippen LogP) is 6.08. The molecular formula is C28H29F6N5O2. The summed E-state index contributed by atoms with van der Waals surface area (Å²) in [5.74, 6) is -0.878. The maximum Gasteiger partial charge on any atom is 0.522 e. The van der Waals surface area contributed by atoms with E-state index in [1.54, 1.807) is 35.9 Å². The Morgan fingerprint density at radius 2 is 1.88 bits per heavy atom. The SMILES string of the molecule is Cn1cnnc1[C@@H](CCOC(F)(F)F)c1cccc(N2Cc3c(cc(CNC4(C)CCC4)cc3C(F)(F)F)C2=O)c1. The predicted molar refractivity (Wildman–Crippen MR) is 137 cm³/mol. The Balaban J connectivity index is 1.44. The summed E-state index contributed by atoms with van der Waals surface area (Å²) in [6.07, 6.45) is -5.23. The van der Waals surface area contributed by atoms with E-state index < -0.39 is 36.5 Å². The van der Waals surface area contributed by atoms with E-state index >= 15 is 0 Å². The Morgan fingerprint density at radius 3 is 2.49 bits per heavy atom. The normalized spacial score (nSPS) is 17.5. The van der Waals surface area contributed by atoms with Gasteiger partial charge in [-0.25, -0.2) is 0 Å². The maximum absolute atomic E-state index is 14.1. The van der Waals surface area contributed by atoms with E-state index in [0.29, 0.717) is 22.6 Å². The zero-order valence-corrected chi connectivity index (χ0v) is 22.4. The molecule has 0 spiro atoms. The van der Waals surface area contributed by atoms with Gasteiger partial charge >= 0.3 is 12.5 Å². The van der Waals surface area contributed by atoms with Gasteiger partial charge in [-0.05, 0) is 73.6 Å². The number of fused-ring (bicyclic) bond motifs is 1. The summed E-state index contributed by atoms with van der Waals surface area (Å²) < 4.78 is 86.0. The Bertz CT molecular complexity index is 1430. The number of ether oxygens (including phenoxy) is 1. The molecule has 2 aromatic carbocycles. The van der Waals surface area contributed by atoms with E-state index in [4.69, 9.17) is 0 Å². The molecule has 0 saturated heterocycles. The molecule has 2 heterocycles.